The molecule has 1 aromatic rings. The van der Waals surface area contributed by atoms with Crippen molar-refractivity contribution in [1.29, 1.82) is 0 Å². The largest absolute Gasteiger partial charge is 0.467 e. The van der Waals surface area contributed by atoms with Crippen LogP contribution in [0.1, 0.15) is 0 Å². The quantitative estimate of drug-likeness (QED) is 0.615. The minimum Gasteiger partial charge on any atom is -0.467 e. The third-order valence-electron chi connectivity index (χ3n) is 3.30. The molecule has 0 amide bonds. The molecule has 0 unspecified atom stereocenters. The molecular weight excluding hydrogens is 286 g/mol. The second kappa shape index (κ2) is 9.34. The average Bonchev–Trinajstić information content (AvgIpc) is 2.55. The molecule has 2 heterocycles. The van der Waals surface area contributed by atoms with Gasteiger partial charge in [0.05, 0.1) is 14.2 Å². The molecule has 22 heavy (non-hydrogen) atoms. The van der Waals surface area contributed by atoms with Gasteiger partial charge in [0, 0.05) is 52.4 Å². The van der Waals surface area contributed by atoms with E-state index in [1.54, 1.807) is 0 Å². The molecule has 0 aliphatic carbocycles. The second-order valence-electron chi connectivity index (χ2n) is 4.85. The van der Waals surface area contributed by atoms with Crippen LogP contribution in [0, 0.1) is 0 Å². The summed E-state index contributed by atoms with van der Waals surface area (Å²) < 4.78 is 10.2. The fraction of sp³-hybridized carbons (Fsp3) is 0.769. The van der Waals surface area contributed by atoms with Crippen molar-refractivity contribution < 1.29 is 9.47 Å². The van der Waals surface area contributed by atoms with Crippen molar-refractivity contribution in [2.45, 2.75) is 0 Å². The standard InChI is InChI=1S/C13H25N7O2/c1-21-12-17-11(18-13(19-12)22-2)20-9-7-15-5-3-14-4-6-16-8-10-20/h14-16H,3-10H2,1-2H3. The molecule has 2 rings (SSSR count). The Labute approximate surface area is 130 Å². The minimum atomic E-state index is 0.262. The minimum absolute atomic E-state index is 0.262. The first kappa shape index (κ1) is 16.7. The second-order valence-corrected chi connectivity index (χ2v) is 4.85. The summed E-state index contributed by atoms with van der Waals surface area (Å²) in [5, 5.41) is 10.2. The first-order valence-electron chi connectivity index (χ1n) is 7.54. The molecule has 1 aromatic heterocycles. The predicted molar refractivity (Wildman–Crippen MR) is 83.8 cm³/mol. The van der Waals surface area contributed by atoms with Crippen LogP contribution in [0.15, 0.2) is 0 Å². The molecule has 1 aliphatic heterocycles. The lowest BCUT2D eigenvalue weighted by Crippen LogP contribution is -2.42. The van der Waals surface area contributed by atoms with Gasteiger partial charge >= 0.3 is 12.0 Å². The van der Waals surface area contributed by atoms with Crippen molar-refractivity contribution in [1.82, 2.24) is 30.9 Å². The molecule has 0 aromatic carbocycles. The number of hydrogen-bond acceptors (Lipinski definition) is 9. The smallest absolute Gasteiger partial charge is 0.324 e. The van der Waals surface area contributed by atoms with E-state index in [4.69, 9.17) is 9.47 Å². The molecule has 124 valence electrons. The number of nitrogens with zero attached hydrogens (tertiary/aromatic N) is 4. The van der Waals surface area contributed by atoms with Gasteiger partial charge in [0.25, 0.3) is 0 Å². The van der Waals surface area contributed by atoms with Gasteiger partial charge in [0.15, 0.2) is 0 Å². The first-order valence-corrected chi connectivity index (χ1v) is 7.54. The van der Waals surface area contributed by atoms with Crippen LogP contribution in [0.25, 0.3) is 0 Å². The molecule has 3 N–H and O–H groups in total. The van der Waals surface area contributed by atoms with Crippen molar-refractivity contribution in [3.63, 3.8) is 0 Å². The van der Waals surface area contributed by atoms with E-state index in [9.17, 15) is 0 Å². The van der Waals surface area contributed by atoms with E-state index >= 15 is 0 Å². The maximum Gasteiger partial charge on any atom is 0.324 e. The SMILES string of the molecule is COc1nc(OC)nc(N2CCNCCNCCNCC2)n1. The highest BCUT2D eigenvalue weighted by atomic mass is 16.5. The lowest BCUT2D eigenvalue weighted by atomic mass is 10.4. The van der Waals surface area contributed by atoms with E-state index in [0.717, 1.165) is 52.4 Å². The van der Waals surface area contributed by atoms with Gasteiger partial charge in [0.2, 0.25) is 5.95 Å². The zero-order chi connectivity index (χ0) is 15.6. The third-order valence-corrected chi connectivity index (χ3v) is 3.30. The Morgan fingerprint density at radius 2 is 1.18 bits per heavy atom. The highest BCUT2D eigenvalue weighted by Gasteiger charge is 2.14. The van der Waals surface area contributed by atoms with E-state index in [1.165, 1.54) is 14.2 Å². The third kappa shape index (κ3) is 5.24. The molecule has 9 heteroatoms. The molecular formula is C13H25N7O2. The molecule has 0 saturated carbocycles. The molecule has 0 bridgehead atoms. The van der Waals surface area contributed by atoms with Crippen LogP contribution < -0.4 is 30.3 Å². The van der Waals surface area contributed by atoms with Gasteiger partial charge in [-0.05, 0) is 0 Å². The fourth-order valence-corrected chi connectivity index (χ4v) is 2.12. The topological polar surface area (TPSA) is 96.5 Å². The van der Waals surface area contributed by atoms with Gasteiger partial charge in [-0.1, -0.05) is 0 Å². The summed E-state index contributed by atoms with van der Waals surface area (Å²) in [5.74, 6) is 0.572. The van der Waals surface area contributed by atoms with E-state index in [-0.39, 0.29) is 12.0 Å². The first-order chi connectivity index (χ1) is 10.8. The number of hydrogen-bond donors (Lipinski definition) is 3. The Balaban J connectivity index is 2.07. The highest BCUT2D eigenvalue weighted by Crippen LogP contribution is 2.15. The molecule has 1 aliphatic rings. The van der Waals surface area contributed by atoms with Crippen molar-refractivity contribution in [2.75, 3.05) is 71.5 Å². The number of ether oxygens (including phenoxy) is 2. The van der Waals surface area contributed by atoms with Crippen LogP contribution >= 0.6 is 0 Å². The summed E-state index contributed by atoms with van der Waals surface area (Å²) >= 11 is 0. The summed E-state index contributed by atoms with van der Waals surface area (Å²) in [4.78, 5) is 14.8. The predicted octanol–water partition coefficient (Wildman–Crippen LogP) is -1.52. The molecule has 1 saturated heterocycles. The summed E-state index contributed by atoms with van der Waals surface area (Å²) in [6.45, 7) is 7.14. The molecule has 0 atom stereocenters. The van der Waals surface area contributed by atoms with Crippen LogP contribution in [0.3, 0.4) is 0 Å². The zero-order valence-electron chi connectivity index (χ0n) is 13.3. The number of methoxy groups -OCH3 is 2. The van der Waals surface area contributed by atoms with Crippen LogP contribution in [0.5, 0.6) is 12.0 Å². The van der Waals surface area contributed by atoms with Crippen LogP contribution in [0.2, 0.25) is 0 Å². The lowest BCUT2D eigenvalue weighted by molar-refractivity contribution is 0.339. The van der Waals surface area contributed by atoms with Crippen molar-refractivity contribution >= 4 is 5.95 Å². The lowest BCUT2D eigenvalue weighted by Gasteiger charge is -2.24. The van der Waals surface area contributed by atoms with Crippen molar-refractivity contribution in [3.05, 3.63) is 0 Å². The van der Waals surface area contributed by atoms with Gasteiger partial charge < -0.3 is 30.3 Å². The van der Waals surface area contributed by atoms with Gasteiger partial charge in [-0.15, -0.1) is 4.98 Å². The van der Waals surface area contributed by atoms with Gasteiger partial charge in [-0.25, -0.2) is 0 Å². The summed E-state index contributed by atoms with van der Waals surface area (Å²) in [5.41, 5.74) is 0. The van der Waals surface area contributed by atoms with E-state index < -0.39 is 0 Å². The number of anilines is 1. The molecule has 0 radical (unpaired) electrons. The maximum atomic E-state index is 5.12. The van der Waals surface area contributed by atoms with Gasteiger partial charge in [-0.3, -0.25) is 0 Å². The summed E-state index contributed by atoms with van der Waals surface area (Å²) in [6, 6.07) is 0.524. The summed E-state index contributed by atoms with van der Waals surface area (Å²) in [7, 11) is 3.07. The number of rotatable bonds is 3. The Morgan fingerprint density at radius 1 is 0.727 bits per heavy atom. The molecule has 0 spiro atoms. The Kier molecular flexibility index (Phi) is 7.07. The normalized spacial score (nSPS) is 18.2. The molecule has 1 fully saturated rings. The zero-order valence-corrected chi connectivity index (χ0v) is 13.3. The van der Waals surface area contributed by atoms with Crippen LogP contribution in [-0.4, -0.2) is 81.5 Å². The van der Waals surface area contributed by atoms with Gasteiger partial charge in [0.1, 0.15) is 0 Å². The van der Waals surface area contributed by atoms with Crippen molar-refractivity contribution in [3.8, 4) is 12.0 Å². The van der Waals surface area contributed by atoms with E-state index in [0.29, 0.717) is 5.95 Å². The number of nitrogens with one attached hydrogen (secondary N) is 3. The van der Waals surface area contributed by atoms with E-state index in [2.05, 4.69) is 35.8 Å². The Bertz CT molecular complexity index is 412. The number of aromatic nitrogens is 3. The fourth-order valence-electron chi connectivity index (χ4n) is 2.12. The van der Waals surface area contributed by atoms with E-state index in [1.807, 2.05) is 0 Å². The van der Waals surface area contributed by atoms with Crippen LogP contribution in [0.4, 0.5) is 5.95 Å². The van der Waals surface area contributed by atoms with Crippen LogP contribution in [-0.2, 0) is 0 Å². The average molecular weight is 311 g/mol. The Hall–Kier alpha value is -1.71. The molecule has 9 nitrogen and oxygen atoms in total. The maximum absolute atomic E-state index is 5.12. The summed E-state index contributed by atoms with van der Waals surface area (Å²) in [6.07, 6.45) is 0. The monoisotopic (exact) mass is 311 g/mol. The van der Waals surface area contributed by atoms with Gasteiger partial charge in [-0.2, -0.15) is 9.97 Å². The Morgan fingerprint density at radius 3 is 1.64 bits per heavy atom. The highest BCUT2D eigenvalue weighted by molar-refractivity contribution is 5.32. The van der Waals surface area contributed by atoms with Crippen molar-refractivity contribution in [2.24, 2.45) is 0 Å².